The second-order valence-corrected chi connectivity index (χ2v) is 8.86. The highest BCUT2D eigenvalue weighted by Crippen LogP contribution is 2.36. The molecule has 3 atom stereocenters. The van der Waals surface area contributed by atoms with Crippen molar-refractivity contribution in [1.82, 2.24) is 15.5 Å². The maximum atomic E-state index is 12.4. The van der Waals surface area contributed by atoms with Gasteiger partial charge >= 0.3 is 0 Å². The fourth-order valence-corrected chi connectivity index (χ4v) is 5.65. The molecule has 2 N–H and O–H groups in total. The smallest absolute Gasteiger partial charge is 0.221 e. The summed E-state index contributed by atoms with van der Waals surface area (Å²) in [5.74, 6) is 2.47. The van der Waals surface area contributed by atoms with E-state index in [-0.39, 0.29) is 5.91 Å². The molecule has 3 heterocycles. The number of hydrogen-bond acceptors (Lipinski definition) is 4. The standard InChI is InChI=1S/C20H29N3OS/c24-20(12-17-14-25-9-8-21-17)22-16-10-18-6-7-19(11-16)23(18)13-15-4-2-1-3-5-15/h1-5,16-19,21H,6-14H2,(H,22,24). The number of piperidine rings is 1. The van der Waals surface area contributed by atoms with Gasteiger partial charge in [-0.15, -0.1) is 0 Å². The quantitative estimate of drug-likeness (QED) is 0.847. The van der Waals surface area contributed by atoms with Gasteiger partial charge in [0.25, 0.3) is 0 Å². The first-order chi connectivity index (χ1) is 12.3. The van der Waals surface area contributed by atoms with Crippen LogP contribution >= 0.6 is 11.8 Å². The minimum atomic E-state index is 0.237. The fourth-order valence-electron chi connectivity index (χ4n) is 4.71. The van der Waals surface area contributed by atoms with E-state index in [9.17, 15) is 4.79 Å². The van der Waals surface area contributed by atoms with E-state index in [1.807, 2.05) is 11.8 Å². The van der Waals surface area contributed by atoms with Gasteiger partial charge in [-0.2, -0.15) is 11.8 Å². The number of fused-ring (bicyclic) bond motifs is 2. The summed E-state index contributed by atoms with van der Waals surface area (Å²) in [4.78, 5) is 15.1. The van der Waals surface area contributed by atoms with E-state index >= 15 is 0 Å². The summed E-state index contributed by atoms with van der Waals surface area (Å²) < 4.78 is 0. The van der Waals surface area contributed by atoms with E-state index in [1.165, 1.54) is 24.2 Å². The number of carbonyl (C=O) groups is 1. The lowest BCUT2D eigenvalue weighted by molar-refractivity contribution is -0.122. The summed E-state index contributed by atoms with van der Waals surface area (Å²) in [5.41, 5.74) is 1.41. The zero-order valence-electron chi connectivity index (χ0n) is 14.8. The van der Waals surface area contributed by atoms with Crippen molar-refractivity contribution in [1.29, 1.82) is 0 Å². The second-order valence-electron chi connectivity index (χ2n) is 7.71. The molecule has 3 saturated heterocycles. The van der Waals surface area contributed by atoms with Gasteiger partial charge < -0.3 is 10.6 Å². The molecule has 0 saturated carbocycles. The van der Waals surface area contributed by atoms with Crippen molar-refractivity contribution >= 4 is 17.7 Å². The third-order valence-electron chi connectivity index (χ3n) is 5.89. The summed E-state index contributed by atoms with van der Waals surface area (Å²) >= 11 is 1.95. The minimum Gasteiger partial charge on any atom is -0.353 e. The van der Waals surface area contributed by atoms with Gasteiger partial charge in [-0.1, -0.05) is 30.3 Å². The summed E-state index contributed by atoms with van der Waals surface area (Å²) in [6, 6.07) is 12.8. The van der Waals surface area contributed by atoms with Crippen molar-refractivity contribution < 1.29 is 4.79 Å². The predicted octanol–water partition coefficient (Wildman–Crippen LogP) is 2.39. The van der Waals surface area contributed by atoms with Gasteiger partial charge in [0.05, 0.1) is 0 Å². The van der Waals surface area contributed by atoms with Gasteiger partial charge in [0, 0.05) is 55.2 Å². The molecule has 3 unspecified atom stereocenters. The topological polar surface area (TPSA) is 44.4 Å². The number of benzene rings is 1. The van der Waals surface area contributed by atoms with Crippen LogP contribution in [0.3, 0.4) is 0 Å². The number of amides is 1. The molecule has 5 heteroatoms. The summed E-state index contributed by atoms with van der Waals surface area (Å²) in [7, 11) is 0. The Balaban J connectivity index is 1.28. The van der Waals surface area contributed by atoms with Gasteiger partial charge in [-0.05, 0) is 31.2 Å². The molecular formula is C20H29N3OS. The largest absolute Gasteiger partial charge is 0.353 e. The Bertz CT molecular complexity index is 562. The number of rotatable bonds is 5. The highest BCUT2D eigenvalue weighted by Gasteiger charge is 2.40. The predicted molar refractivity (Wildman–Crippen MR) is 104 cm³/mol. The summed E-state index contributed by atoms with van der Waals surface area (Å²) in [6.07, 6.45) is 5.42. The number of nitrogens with zero attached hydrogens (tertiary/aromatic N) is 1. The van der Waals surface area contributed by atoms with Crippen molar-refractivity contribution in [3.63, 3.8) is 0 Å². The highest BCUT2D eigenvalue weighted by atomic mass is 32.2. The van der Waals surface area contributed by atoms with Crippen LogP contribution in [0, 0.1) is 0 Å². The third kappa shape index (κ3) is 4.39. The van der Waals surface area contributed by atoms with E-state index in [4.69, 9.17) is 0 Å². The van der Waals surface area contributed by atoms with Gasteiger partial charge in [0.2, 0.25) is 5.91 Å². The molecule has 0 aliphatic carbocycles. The number of hydrogen-bond donors (Lipinski definition) is 2. The maximum Gasteiger partial charge on any atom is 0.221 e. The first kappa shape index (κ1) is 17.4. The Kier molecular flexibility index (Phi) is 5.63. The molecule has 2 bridgehead atoms. The second kappa shape index (κ2) is 8.11. The third-order valence-corrected chi connectivity index (χ3v) is 7.02. The number of carbonyl (C=O) groups excluding carboxylic acids is 1. The molecule has 136 valence electrons. The molecule has 1 aromatic rings. The van der Waals surface area contributed by atoms with Crippen LogP contribution in [0.25, 0.3) is 0 Å². The number of thioether (sulfide) groups is 1. The highest BCUT2D eigenvalue weighted by molar-refractivity contribution is 7.99. The zero-order valence-corrected chi connectivity index (χ0v) is 15.6. The monoisotopic (exact) mass is 359 g/mol. The van der Waals surface area contributed by atoms with Crippen LogP contribution in [-0.4, -0.2) is 53.0 Å². The van der Waals surface area contributed by atoms with Crippen LogP contribution in [0.1, 0.15) is 37.7 Å². The lowest BCUT2D eigenvalue weighted by Crippen LogP contribution is -2.51. The van der Waals surface area contributed by atoms with Gasteiger partial charge in [0.15, 0.2) is 0 Å². The lowest BCUT2D eigenvalue weighted by Gasteiger charge is -2.39. The molecule has 3 fully saturated rings. The van der Waals surface area contributed by atoms with E-state index in [1.54, 1.807) is 0 Å². The average molecular weight is 360 g/mol. The molecule has 3 aliphatic heterocycles. The van der Waals surface area contributed by atoms with E-state index in [0.29, 0.717) is 30.6 Å². The fraction of sp³-hybridized carbons (Fsp3) is 0.650. The van der Waals surface area contributed by atoms with Crippen molar-refractivity contribution in [3.8, 4) is 0 Å². The van der Waals surface area contributed by atoms with Crippen LogP contribution in [0.15, 0.2) is 30.3 Å². The van der Waals surface area contributed by atoms with Crippen LogP contribution in [0.2, 0.25) is 0 Å². The molecule has 4 nitrogen and oxygen atoms in total. The Hall–Kier alpha value is -1.04. The zero-order chi connectivity index (χ0) is 17.1. The molecular weight excluding hydrogens is 330 g/mol. The normalized spacial score (nSPS) is 32.5. The lowest BCUT2D eigenvalue weighted by atomic mass is 9.96. The van der Waals surface area contributed by atoms with Gasteiger partial charge in [0.1, 0.15) is 0 Å². The molecule has 0 radical (unpaired) electrons. The Labute approximate surface area is 155 Å². The van der Waals surface area contributed by atoms with Crippen LogP contribution in [0.4, 0.5) is 0 Å². The molecule has 1 aromatic carbocycles. The number of nitrogens with one attached hydrogen (secondary N) is 2. The Morgan fingerprint density at radius 1 is 1.20 bits per heavy atom. The van der Waals surface area contributed by atoms with Crippen molar-refractivity contribution in [2.45, 2.75) is 62.8 Å². The average Bonchev–Trinajstić information content (AvgIpc) is 2.86. The van der Waals surface area contributed by atoms with Gasteiger partial charge in [-0.25, -0.2) is 0 Å². The minimum absolute atomic E-state index is 0.237. The van der Waals surface area contributed by atoms with Crippen molar-refractivity contribution in [2.24, 2.45) is 0 Å². The van der Waals surface area contributed by atoms with Crippen molar-refractivity contribution in [3.05, 3.63) is 35.9 Å². The van der Waals surface area contributed by atoms with Crippen molar-refractivity contribution in [2.75, 3.05) is 18.1 Å². The summed E-state index contributed by atoms with van der Waals surface area (Å²) in [5, 5.41) is 6.80. The van der Waals surface area contributed by atoms with Crippen LogP contribution in [-0.2, 0) is 11.3 Å². The van der Waals surface area contributed by atoms with Crippen LogP contribution in [0.5, 0.6) is 0 Å². The molecule has 0 aromatic heterocycles. The summed E-state index contributed by atoms with van der Waals surface area (Å²) in [6.45, 7) is 2.09. The Morgan fingerprint density at radius 2 is 1.96 bits per heavy atom. The molecule has 25 heavy (non-hydrogen) atoms. The first-order valence-corrected chi connectivity index (χ1v) is 10.8. The van der Waals surface area contributed by atoms with E-state index in [0.717, 1.165) is 31.7 Å². The van der Waals surface area contributed by atoms with E-state index in [2.05, 4.69) is 45.9 Å². The molecule has 0 spiro atoms. The molecule has 4 rings (SSSR count). The molecule has 3 aliphatic rings. The Morgan fingerprint density at radius 3 is 2.64 bits per heavy atom. The maximum absolute atomic E-state index is 12.4. The SMILES string of the molecule is O=C(CC1CSCCN1)NC1CC2CCC(C1)N2Cc1ccccc1. The van der Waals surface area contributed by atoms with E-state index < -0.39 is 0 Å². The van der Waals surface area contributed by atoms with Gasteiger partial charge in [-0.3, -0.25) is 9.69 Å². The molecule has 1 amide bonds. The first-order valence-electron chi connectivity index (χ1n) is 9.68. The van der Waals surface area contributed by atoms with Crippen LogP contribution < -0.4 is 10.6 Å².